The summed E-state index contributed by atoms with van der Waals surface area (Å²) >= 11 is 0. The molecule has 1 aromatic carbocycles. The SMILES string of the molecule is CCC(CC)(CC(=O)NCc1ccc(O)cc1)C(=O)O. The van der Waals surface area contributed by atoms with Gasteiger partial charge in [-0.15, -0.1) is 0 Å². The molecule has 1 rings (SSSR count). The first-order chi connectivity index (χ1) is 9.43. The lowest BCUT2D eigenvalue weighted by Crippen LogP contribution is -2.36. The zero-order valence-corrected chi connectivity index (χ0v) is 11.8. The van der Waals surface area contributed by atoms with Gasteiger partial charge in [0.25, 0.3) is 0 Å². The van der Waals surface area contributed by atoms with Gasteiger partial charge in [0, 0.05) is 13.0 Å². The van der Waals surface area contributed by atoms with Crippen LogP contribution in [-0.4, -0.2) is 22.1 Å². The van der Waals surface area contributed by atoms with Gasteiger partial charge in [-0.1, -0.05) is 26.0 Å². The third-order valence-electron chi connectivity index (χ3n) is 3.73. The van der Waals surface area contributed by atoms with Crippen molar-refractivity contribution in [2.24, 2.45) is 5.41 Å². The molecular formula is C15H21NO4. The van der Waals surface area contributed by atoms with E-state index < -0.39 is 11.4 Å². The van der Waals surface area contributed by atoms with E-state index in [1.54, 1.807) is 38.1 Å². The van der Waals surface area contributed by atoms with E-state index in [4.69, 9.17) is 5.11 Å². The highest BCUT2D eigenvalue weighted by molar-refractivity contribution is 5.84. The summed E-state index contributed by atoms with van der Waals surface area (Å²) in [7, 11) is 0. The molecule has 20 heavy (non-hydrogen) atoms. The van der Waals surface area contributed by atoms with Crippen molar-refractivity contribution in [1.29, 1.82) is 0 Å². The monoisotopic (exact) mass is 279 g/mol. The van der Waals surface area contributed by atoms with Gasteiger partial charge in [-0.3, -0.25) is 9.59 Å². The van der Waals surface area contributed by atoms with E-state index in [-0.39, 0.29) is 18.1 Å². The number of amides is 1. The van der Waals surface area contributed by atoms with Crippen LogP contribution in [0.1, 0.15) is 38.7 Å². The molecule has 0 aliphatic heterocycles. The van der Waals surface area contributed by atoms with E-state index in [2.05, 4.69) is 5.32 Å². The van der Waals surface area contributed by atoms with Gasteiger partial charge in [-0.2, -0.15) is 0 Å². The molecule has 0 fully saturated rings. The van der Waals surface area contributed by atoms with Gasteiger partial charge in [-0.25, -0.2) is 0 Å². The molecule has 0 aliphatic rings. The Bertz CT molecular complexity index is 463. The maximum atomic E-state index is 11.9. The van der Waals surface area contributed by atoms with E-state index in [1.807, 2.05) is 0 Å². The predicted octanol–water partition coefficient (Wildman–Crippen LogP) is 2.29. The van der Waals surface area contributed by atoms with Crippen LogP contribution in [0.3, 0.4) is 0 Å². The van der Waals surface area contributed by atoms with Crippen molar-refractivity contribution in [2.75, 3.05) is 0 Å². The standard InChI is InChI=1S/C15H21NO4/c1-3-15(4-2,14(19)20)9-13(18)16-10-11-5-7-12(17)8-6-11/h5-8,17H,3-4,9-10H2,1-2H3,(H,16,18)(H,19,20). The molecule has 5 heteroatoms. The Morgan fingerprint density at radius 3 is 2.15 bits per heavy atom. The summed E-state index contributed by atoms with van der Waals surface area (Å²) in [6.07, 6.45) is 0.824. The summed E-state index contributed by atoms with van der Waals surface area (Å²) in [5, 5.41) is 21.2. The Hall–Kier alpha value is -2.04. The minimum atomic E-state index is -0.987. The first-order valence-corrected chi connectivity index (χ1v) is 6.71. The number of phenolic OH excluding ortho intramolecular Hbond substituents is 1. The normalized spacial score (nSPS) is 11.1. The fourth-order valence-electron chi connectivity index (χ4n) is 2.06. The van der Waals surface area contributed by atoms with Crippen LogP contribution < -0.4 is 5.32 Å². The molecule has 0 radical (unpaired) electrons. The van der Waals surface area contributed by atoms with Gasteiger partial charge >= 0.3 is 5.97 Å². The summed E-state index contributed by atoms with van der Waals surface area (Å²) in [6, 6.07) is 6.50. The first-order valence-electron chi connectivity index (χ1n) is 6.71. The molecule has 5 nitrogen and oxygen atoms in total. The minimum Gasteiger partial charge on any atom is -0.508 e. The number of phenols is 1. The van der Waals surface area contributed by atoms with Crippen molar-refractivity contribution in [1.82, 2.24) is 5.32 Å². The van der Waals surface area contributed by atoms with E-state index in [1.165, 1.54) is 0 Å². The van der Waals surface area contributed by atoms with Crippen LogP contribution in [0.2, 0.25) is 0 Å². The van der Waals surface area contributed by atoms with Crippen LogP contribution in [0, 0.1) is 5.41 Å². The molecule has 0 spiro atoms. The second-order valence-corrected chi connectivity index (χ2v) is 4.91. The Balaban J connectivity index is 2.58. The second-order valence-electron chi connectivity index (χ2n) is 4.91. The third kappa shape index (κ3) is 3.98. The Kier molecular flexibility index (Phi) is 5.55. The van der Waals surface area contributed by atoms with E-state index in [9.17, 15) is 14.7 Å². The molecule has 110 valence electrons. The number of aliphatic carboxylic acids is 1. The lowest BCUT2D eigenvalue weighted by Gasteiger charge is -2.25. The van der Waals surface area contributed by atoms with Crippen molar-refractivity contribution < 1.29 is 19.8 Å². The summed E-state index contributed by atoms with van der Waals surface area (Å²) in [5.74, 6) is -1.03. The molecule has 0 aliphatic carbocycles. The molecular weight excluding hydrogens is 258 g/mol. The maximum Gasteiger partial charge on any atom is 0.310 e. The number of carbonyl (C=O) groups is 2. The molecule has 0 aromatic heterocycles. The Morgan fingerprint density at radius 2 is 1.70 bits per heavy atom. The number of carboxylic acid groups (broad SMARTS) is 1. The predicted molar refractivity (Wildman–Crippen MR) is 75.2 cm³/mol. The minimum absolute atomic E-state index is 0.0204. The largest absolute Gasteiger partial charge is 0.508 e. The van der Waals surface area contributed by atoms with Gasteiger partial charge < -0.3 is 15.5 Å². The third-order valence-corrected chi connectivity index (χ3v) is 3.73. The average molecular weight is 279 g/mol. The number of benzene rings is 1. The van der Waals surface area contributed by atoms with Crippen molar-refractivity contribution in [3.63, 3.8) is 0 Å². The number of carboxylic acids is 1. The maximum absolute atomic E-state index is 11.9. The van der Waals surface area contributed by atoms with Crippen LogP contribution >= 0.6 is 0 Å². The Morgan fingerprint density at radius 1 is 1.15 bits per heavy atom. The molecule has 0 saturated carbocycles. The molecule has 0 atom stereocenters. The fraction of sp³-hybridized carbons (Fsp3) is 0.467. The van der Waals surface area contributed by atoms with Crippen molar-refractivity contribution >= 4 is 11.9 Å². The van der Waals surface area contributed by atoms with Gasteiger partial charge in [-0.05, 0) is 30.5 Å². The molecule has 1 aromatic rings. The molecule has 1 amide bonds. The van der Waals surface area contributed by atoms with Gasteiger partial charge in [0.1, 0.15) is 5.75 Å². The first kappa shape index (κ1) is 16.0. The highest BCUT2D eigenvalue weighted by Crippen LogP contribution is 2.30. The highest BCUT2D eigenvalue weighted by atomic mass is 16.4. The molecule has 0 heterocycles. The number of hydrogen-bond donors (Lipinski definition) is 3. The average Bonchev–Trinajstić information content (AvgIpc) is 2.44. The lowest BCUT2D eigenvalue weighted by atomic mass is 9.79. The highest BCUT2D eigenvalue weighted by Gasteiger charge is 2.36. The van der Waals surface area contributed by atoms with Crippen LogP contribution in [0.15, 0.2) is 24.3 Å². The second kappa shape index (κ2) is 6.93. The smallest absolute Gasteiger partial charge is 0.310 e. The quantitative estimate of drug-likeness (QED) is 0.714. The number of nitrogens with one attached hydrogen (secondary N) is 1. The molecule has 0 bridgehead atoms. The fourth-order valence-corrected chi connectivity index (χ4v) is 2.06. The topological polar surface area (TPSA) is 86.6 Å². The van der Waals surface area contributed by atoms with Crippen molar-refractivity contribution in [2.45, 2.75) is 39.7 Å². The molecule has 0 saturated heterocycles. The van der Waals surface area contributed by atoms with Crippen molar-refractivity contribution in [3.05, 3.63) is 29.8 Å². The van der Waals surface area contributed by atoms with Crippen molar-refractivity contribution in [3.8, 4) is 5.75 Å². The van der Waals surface area contributed by atoms with Gasteiger partial charge in [0.05, 0.1) is 5.41 Å². The number of aromatic hydroxyl groups is 1. The number of rotatable bonds is 7. The molecule has 3 N–H and O–H groups in total. The molecule has 0 unspecified atom stereocenters. The van der Waals surface area contributed by atoms with Crippen LogP contribution in [0.25, 0.3) is 0 Å². The van der Waals surface area contributed by atoms with Crippen LogP contribution in [0.5, 0.6) is 5.75 Å². The zero-order valence-electron chi connectivity index (χ0n) is 11.8. The van der Waals surface area contributed by atoms with Crippen LogP contribution in [0.4, 0.5) is 0 Å². The van der Waals surface area contributed by atoms with Gasteiger partial charge in [0.2, 0.25) is 5.91 Å². The Labute approximate surface area is 118 Å². The summed E-state index contributed by atoms with van der Waals surface area (Å²) in [6.45, 7) is 3.89. The summed E-state index contributed by atoms with van der Waals surface area (Å²) in [4.78, 5) is 23.2. The van der Waals surface area contributed by atoms with Gasteiger partial charge in [0.15, 0.2) is 0 Å². The summed E-state index contributed by atoms with van der Waals surface area (Å²) < 4.78 is 0. The van der Waals surface area contributed by atoms with E-state index in [0.717, 1.165) is 5.56 Å². The number of hydrogen-bond acceptors (Lipinski definition) is 3. The summed E-state index contributed by atoms with van der Waals surface area (Å²) in [5.41, 5.74) is -0.135. The van der Waals surface area contributed by atoms with Crippen LogP contribution in [-0.2, 0) is 16.1 Å². The van der Waals surface area contributed by atoms with E-state index >= 15 is 0 Å². The zero-order chi connectivity index (χ0) is 15.2. The van der Waals surface area contributed by atoms with E-state index in [0.29, 0.717) is 19.4 Å². The number of carbonyl (C=O) groups excluding carboxylic acids is 1. The lowest BCUT2D eigenvalue weighted by molar-refractivity contribution is -0.152.